The van der Waals surface area contributed by atoms with Crippen molar-refractivity contribution in [3.05, 3.63) is 28.5 Å². The van der Waals surface area contributed by atoms with E-state index in [0.29, 0.717) is 4.47 Å². The van der Waals surface area contributed by atoms with Gasteiger partial charge in [-0.2, -0.15) is 9.57 Å². The number of rotatable bonds is 3. The number of nitriles is 1. The summed E-state index contributed by atoms with van der Waals surface area (Å²) in [6.07, 6.45) is 0. The molecule has 1 rings (SSSR count). The molecule has 4 nitrogen and oxygen atoms in total. The van der Waals surface area contributed by atoms with Crippen LogP contribution in [0.3, 0.4) is 0 Å². The molecule has 0 fully saturated rings. The molecule has 1 aromatic carbocycles. The molecule has 7 heteroatoms. The summed E-state index contributed by atoms with van der Waals surface area (Å²) in [5.74, 6) is -0.851. The smallest absolute Gasteiger partial charge is 0.207 e. The summed E-state index contributed by atoms with van der Waals surface area (Å²) in [5.41, 5.74) is 0. The van der Waals surface area contributed by atoms with Crippen molar-refractivity contribution in [3.8, 4) is 6.07 Å². The van der Waals surface area contributed by atoms with Gasteiger partial charge in [0.15, 0.2) is 0 Å². The Morgan fingerprint density at radius 3 is 2.59 bits per heavy atom. The highest BCUT2D eigenvalue weighted by molar-refractivity contribution is 9.10. The molecule has 0 aliphatic carbocycles. The van der Waals surface area contributed by atoms with E-state index in [-0.39, 0.29) is 0 Å². The van der Waals surface area contributed by atoms with Crippen LogP contribution in [0.2, 0.25) is 0 Å². The predicted molar refractivity (Wildman–Crippen MR) is 64.1 cm³/mol. The van der Waals surface area contributed by atoms with Crippen LogP contribution in [0.1, 0.15) is 6.92 Å². The minimum atomic E-state index is -3.98. The normalized spacial score (nSPS) is 13.4. The third kappa shape index (κ3) is 2.83. The van der Waals surface area contributed by atoms with Crippen molar-refractivity contribution >= 4 is 26.0 Å². The van der Waals surface area contributed by atoms with E-state index in [9.17, 15) is 12.8 Å². The average Bonchev–Trinajstić information content (AvgIpc) is 2.26. The second kappa shape index (κ2) is 5.12. The molecule has 1 atom stereocenters. The minimum Gasteiger partial charge on any atom is -0.207 e. The van der Waals surface area contributed by atoms with Gasteiger partial charge in [-0.25, -0.2) is 12.8 Å². The summed E-state index contributed by atoms with van der Waals surface area (Å²) in [7, 11) is -2.74. The van der Waals surface area contributed by atoms with Gasteiger partial charge in [0, 0.05) is 11.5 Å². The number of hydrogen-bond acceptors (Lipinski definition) is 3. The van der Waals surface area contributed by atoms with Crippen LogP contribution in [0.4, 0.5) is 4.39 Å². The number of benzene rings is 1. The van der Waals surface area contributed by atoms with Crippen molar-refractivity contribution < 1.29 is 12.8 Å². The van der Waals surface area contributed by atoms with Gasteiger partial charge in [-0.15, -0.1) is 0 Å². The van der Waals surface area contributed by atoms with Crippen LogP contribution in [0.15, 0.2) is 27.6 Å². The zero-order valence-corrected chi connectivity index (χ0v) is 11.6. The highest BCUT2D eigenvalue weighted by Crippen LogP contribution is 2.22. The summed E-state index contributed by atoms with van der Waals surface area (Å²) < 4.78 is 38.8. The number of sulfonamides is 1. The molecule has 0 aromatic heterocycles. The zero-order chi connectivity index (χ0) is 13.2. The van der Waals surface area contributed by atoms with Gasteiger partial charge in [0.05, 0.1) is 6.07 Å². The Labute approximate surface area is 108 Å². The Kier molecular flexibility index (Phi) is 4.25. The molecule has 0 heterocycles. The van der Waals surface area contributed by atoms with E-state index in [2.05, 4.69) is 15.9 Å². The van der Waals surface area contributed by atoms with E-state index in [0.717, 1.165) is 16.4 Å². The van der Waals surface area contributed by atoms with Gasteiger partial charge >= 0.3 is 0 Å². The Morgan fingerprint density at radius 1 is 1.53 bits per heavy atom. The lowest BCUT2D eigenvalue weighted by molar-refractivity contribution is 0.437. The number of halogens is 2. The fourth-order valence-corrected chi connectivity index (χ4v) is 2.78. The summed E-state index contributed by atoms with van der Waals surface area (Å²) in [6, 6.07) is 4.59. The molecule has 92 valence electrons. The van der Waals surface area contributed by atoms with E-state index in [1.165, 1.54) is 20.0 Å². The van der Waals surface area contributed by atoms with Crippen LogP contribution in [0.5, 0.6) is 0 Å². The summed E-state index contributed by atoms with van der Waals surface area (Å²) in [4.78, 5) is -0.440. The van der Waals surface area contributed by atoms with Gasteiger partial charge in [-0.1, -0.05) is 15.9 Å². The van der Waals surface area contributed by atoms with E-state index in [1.807, 2.05) is 0 Å². The minimum absolute atomic E-state index is 0.440. The highest BCUT2D eigenvalue weighted by Gasteiger charge is 2.27. The summed E-state index contributed by atoms with van der Waals surface area (Å²) in [5, 5.41) is 8.67. The molecule has 1 unspecified atom stereocenters. The van der Waals surface area contributed by atoms with Crippen LogP contribution in [0, 0.1) is 17.1 Å². The first kappa shape index (κ1) is 14.1. The van der Waals surface area contributed by atoms with Gasteiger partial charge in [-0.3, -0.25) is 0 Å². The van der Waals surface area contributed by atoms with Crippen LogP contribution >= 0.6 is 15.9 Å². The molecular weight excluding hydrogens is 311 g/mol. The standard InChI is InChI=1S/C10H10BrFN2O2S/c1-7(6-13)14(2)17(15,16)10-4-3-8(11)5-9(10)12/h3-5,7H,1-2H3. The topological polar surface area (TPSA) is 61.2 Å². The Morgan fingerprint density at radius 2 is 2.12 bits per heavy atom. The largest absolute Gasteiger partial charge is 0.246 e. The molecule has 0 spiro atoms. The highest BCUT2D eigenvalue weighted by atomic mass is 79.9. The van der Waals surface area contributed by atoms with Gasteiger partial charge in [0.25, 0.3) is 0 Å². The van der Waals surface area contributed by atoms with E-state index >= 15 is 0 Å². The average molecular weight is 321 g/mol. The quantitative estimate of drug-likeness (QED) is 0.857. The Balaban J connectivity index is 3.28. The maximum Gasteiger partial charge on any atom is 0.246 e. The Bertz CT molecular complexity index is 568. The van der Waals surface area contributed by atoms with E-state index in [4.69, 9.17) is 5.26 Å². The molecule has 0 saturated carbocycles. The number of hydrogen-bond donors (Lipinski definition) is 0. The van der Waals surface area contributed by atoms with Crippen LogP contribution in [-0.4, -0.2) is 25.8 Å². The van der Waals surface area contributed by atoms with Crippen molar-refractivity contribution in [3.63, 3.8) is 0 Å². The van der Waals surface area contributed by atoms with Crippen molar-refractivity contribution in [1.29, 1.82) is 5.26 Å². The third-order valence-electron chi connectivity index (χ3n) is 2.28. The van der Waals surface area contributed by atoms with Crippen molar-refractivity contribution in [2.24, 2.45) is 0 Å². The summed E-state index contributed by atoms with van der Waals surface area (Å²) >= 11 is 3.04. The maximum atomic E-state index is 13.6. The SMILES string of the molecule is CC(C#N)N(C)S(=O)(=O)c1ccc(Br)cc1F. The molecular formula is C10H10BrFN2O2S. The van der Waals surface area contributed by atoms with Crippen molar-refractivity contribution in [2.45, 2.75) is 17.9 Å². The first-order valence-electron chi connectivity index (χ1n) is 4.63. The van der Waals surface area contributed by atoms with Gasteiger partial charge in [0.1, 0.15) is 16.8 Å². The van der Waals surface area contributed by atoms with Crippen LogP contribution in [0.25, 0.3) is 0 Å². The first-order valence-corrected chi connectivity index (χ1v) is 6.86. The molecule has 0 aliphatic rings. The fourth-order valence-electron chi connectivity index (χ4n) is 1.13. The Hall–Kier alpha value is -0.970. The molecule has 1 aromatic rings. The van der Waals surface area contributed by atoms with Gasteiger partial charge in [-0.05, 0) is 25.1 Å². The van der Waals surface area contributed by atoms with E-state index in [1.54, 1.807) is 6.07 Å². The van der Waals surface area contributed by atoms with E-state index < -0.39 is 26.8 Å². The zero-order valence-electron chi connectivity index (χ0n) is 9.18. The second-order valence-corrected chi connectivity index (χ2v) is 6.28. The molecule has 17 heavy (non-hydrogen) atoms. The first-order chi connectivity index (χ1) is 7.80. The molecule has 0 saturated heterocycles. The lowest BCUT2D eigenvalue weighted by Gasteiger charge is -2.19. The van der Waals surface area contributed by atoms with Crippen molar-refractivity contribution in [2.75, 3.05) is 7.05 Å². The lowest BCUT2D eigenvalue weighted by Crippen LogP contribution is -2.34. The third-order valence-corrected chi connectivity index (χ3v) is 4.74. The lowest BCUT2D eigenvalue weighted by atomic mass is 10.3. The second-order valence-electron chi connectivity index (χ2n) is 3.40. The maximum absolute atomic E-state index is 13.6. The molecule has 0 amide bonds. The number of nitrogens with zero attached hydrogens (tertiary/aromatic N) is 2. The molecule has 0 bridgehead atoms. The monoisotopic (exact) mass is 320 g/mol. The van der Waals surface area contributed by atoms with Crippen LogP contribution < -0.4 is 0 Å². The molecule has 0 N–H and O–H groups in total. The predicted octanol–water partition coefficient (Wildman–Crippen LogP) is 2.12. The van der Waals surface area contributed by atoms with Crippen molar-refractivity contribution in [1.82, 2.24) is 4.31 Å². The van der Waals surface area contributed by atoms with Gasteiger partial charge in [0.2, 0.25) is 10.0 Å². The fraction of sp³-hybridized carbons (Fsp3) is 0.300. The van der Waals surface area contributed by atoms with Gasteiger partial charge < -0.3 is 0 Å². The molecule has 0 aliphatic heterocycles. The van der Waals surface area contributed by atoms with Crippen LogP contribution in [-0.2, 0) is 10.0 Å². The molecule has 0 radical (unpaired) electrons. The summed E-state index contributed by atoms with van der Waals surface area (Å²) in [6.45, 7) is 1.42.